The van der Waals surface area contributed by atoms with Gasteiger partial charge in [-0.25, -0.2) is 9.59 Å². The summed E-state index contributed by atoms with van der Waals surface area (Å²) in [6.07, 6.45) is 18.1. The second-order valence-corrected chi connectivity index (χ2v) is 17.6. The van der Waals surface area contributed by atoms with E-state index in [-0.39, 0.29) is 10.8 Å². The van der Waals surface area contributed by atoms with Crippen molar-refractivity contribution in [2.45, 2.75) is 117 Å². The van der Waals surface area contributed by atoms with Gasteiger partial charge in [-0.2, -0.15) is 4.58 Å². The van der Waals surface area contributed by atoms with Crippen molar-refractivity contribution in [2.24, 2.45) is 0 Å². The molecule has 0 saturated heterocycles. The van der Waals surface area contributed by atoms with Gasteiger partial charge in [0.2, 0.25) is 5.69 Å². The smallest absolute Gasteiger partial charge is 0.336 e. The number of hydrogen-bond acceptors (Lipinski definition) is 3. The van der Waals surface area contributed by atoms with Crippen LogP contribution in [0.3, 0.4) is 0 Å². The summed E-state index contributed by atoms with van der Waals surface area (Å²) in [6.45, 7) is 15.7. The number of carbonyl (C=O) groups is 2. The maximum absolute atomic E-state index is 12.2. The quantitative estimate of drug-likeness (QED) is 0.157. The van der Waals surface area contributed by atoms with E-state index in [4.69, 9.17) is 0 Å². The van der Waals surface area contributed by atoms with Gasteiger partial charge in [-0.1, -0.05) is 83.0 Å². The third-order valence-corrected chi connectivity index (χ3v) is 13.1. The Hall–Kier alpha value is -5.23. The van der Waals surface area contributed by atoms with Crippen LogP contribution in [0.4, 0.5) is 11.4 Å². The molecule has 4 aliphatic rings. The molecule has 0 unspecified atom stereocenters. The van der Waals surface area contributed by atoms with Crippen LogP contribution < -0.4 is 4.90 Å². The average molecular weight is 762 g/mol. The summed E-state index contributed by atoms with van der Waals surface area (Å²) in [5.74, 6) is -1.77. The number of rotatable bonds is 10. The molecular weight excluding hydrogens is 705 g/mol. The van der Waals surface area contributed by atoms with Crippen LogP contribution in [0.5, 0.6) is 0 Å². The molecule has 0 amide bonds. The van der Waals surface area contributed by atoms with Crippen molar-refractivity contribution in [2.75, 3.05) is 18.0 Å². The first kappa shape index (κ1) is 38.6. The third-order valence-electron chi connectivity index (χ3n) is 13.1. The zero-order chi connectivity index (χ0) is 40.2. The zero-order valence-electron chi connectivity index (χ0n) is 34.6. The highest BCUT2D eigenvalue weighted by atomic mass is 16.4. The Bertz CT molecular complexity index is 2510. The number of aromatic carboxylic acids is 2. The highest BCUT2D eigenvalue weighted by Gasteiger charge is 2.48. The summed E-state index contributed by atoms with van der Waals surface area (Å²) < 4.78 is 2.55. The minimum Gasteiger partial charge on any atom is -0.478 e. The number of allylic oxidation sites excluding steroid dienone is 8. The largest absolute Gasteiger partial charge is 0.478 e. The van der Waals surface area contributed by atoms with E-state index in [9.17, 15) is 19.8 Å². The summed E-state index contributed by atoms with van der Waals surface area (Å²) in [7, 11) is 0. The molecule has 6 heteroatoms. The highest BCUT2D eigenvalue weighted by Crippen LogP contribution is 2.53. The fourth-order valence-corrected chi connectivity index (χ4v) is 10.8. The van der Waals surface area contributed by atoms with E-state index >= 15 is 0 Å². The van der Waals surface area contributed by atoms with E-state index < -0.39 is 11.9 Å². The molecule has 0 fully saturated rings. The van der Waals surface area contributed by atoms with Crippen molar-refractivity contribution in [3.63, 3.8) is 0 Å². The number of anilines is 1. The predicted octanol–water partition coefficient (Wildman–Crippen LogP) is 12.6. The molecule has 6 nitrogen and oxygen atoms in total. The van der Waals surface area contributed by atoms with Crippen LogP contribution in [0.2, 0.25) is 0 Å². The summed E-state index contributed by atoms with van der Waals surface area (Å²) in [4.78, 5) is 27.1. The topological polar surface area (TPSA) is 80.8 Å². The van der Waals surface area contributed by atoms with Crippen LogP contribution in [0.25, 0.3) is 21.5 Å². The molecule has 0 bridgehead atoms. The lowest BCUT2D eigenvalue weighted by Gasteiger charge is -2.31. The van der Waals surface area contributed by atoms with Gasteiger partial charge in [0.25, 0.3) is 0 Å². The summed E-state index contributed by atoms with van der Waals surface area (Å²) in [5, 5.41) is 23.8. The van der Waals surface area contributed by atoms with Gasteiger partial charge in [-0.05, 0) is 133 Å². The van der Waals surface area contributed by atoms with Gasteiger partial charge < -0.3 is 15.1 Å². The fourth-order valence-electron chi connectivity index (χ4n) is 10.8. The minimum absolute atomic E-state index is 0.296. The first-order chi connectivity index (χ1) is 27.4. The first-order valence-corrected chi connectivity index (χ1v) is 21.3. The summed E-state index contributed by atoms with van der Waals surface area (Å²) >= 11 is 0. The van der Waals surface area contributed by atoms with Gasteiger partial charge >= 0.3 is 11.9 Å². The Morgan fingerprint density at radius 3 is 2.04 bits per heavy atom. The molecule has 0 atom stereocenters. The molecule has 0 saturated carbocycles. The zero-order valence-corrected chi connectivity index (χ0v) is 34.6. The van der Waals surface area contributed by atoms with E-state index in [0.717, 1.165) is 98.8 Å². The predicted molar refractivity (Wildman–Crippen MR) is 234 cm³/mol. The fraction of sp³-hybridized carbons (Fsp3) is 0.392. The van der Waals surface area contributed by atoms with Crippen molar-refractivity contribution in [1.29, 1.82) is 0 Å². The Kier molecular flexibility index (Phi) is 10.1. The van der Waals surface area contributed by atoms with Crippen molar-refractivity contribution in [1.82, 2.24) is 0 Å². The lowest BCUT2D eigenvalue weighted by molar-refractivity contribution is -0.438. The second kappa shape index (κ2) is 14.9. The number of nitrogens with zero attached hydrogens (tertiary/aromatic N) is 2. The molecule has 0 spiro atoms. The standard InChI is InChI=1S/C51H56N2O4/c1-7-9-27-52-42-25-23-36-38(19-13-21-40(36)48(54)55)44(42)50(3,4)46(52)34-17-11-15-32(30-34)29-33-16-12-18-35(31-33)47-51(5,6)45-39-20-14-22-41(49(56)57)37(39)24-26-43(45)53(47)28-10-8-2/h13-14,19-26,29-31H,7-12,15-18,27-28H2,1-6H3,(H-,54,55,56,57)/p+1. The van der Waals surface area contributed by atoms with Crippen molar-refractivity contribution in [3.8, 4) is 0 Å². The molecule has 0 aromatic heterocycles. The van der Waals surface area contributed by atoms with Crippen molar-refractivity contribution in [3.05, 3.63) is 129 Å². The normalized spacial score (nSPS) is 20.6. The lowest BCUT2D eigenvalue weighted by atomic mass is 9.74. The van der Waals surface area contributed by atoms with Crippen LogP contribution in [0, 0.1) is 0 Å². The van der Waals surface area contributed by atoms with E-state index in [1.807, 2.05) is 24.3 Å². The summed E-state index contributed by atoms with van der Waals surface area (Å²) in [5.41, 5.74) is 13.3. The maximum Gasteiger partial charge on any atom is 0.336 e. The molecule has 57 heavy (non-hydrogen) atoms. The van der Waals surface area contributed by atoms with E-state index in [1.165, 1.54) is 56.2 Å². The van der Waals surface area contributed by atoms with Gasteiger partial charge in [-0.15, -0.1) is 0 Å². The van der Waals surface area contributed by atoms with Crippen molar-refractivity contribution >= 4 is 50.6 Å². The Balaban J connectivity index is 1.21. The number of hydrogen-bond donors (Lipinski definition) is 2. The minimum atomic E-state index is -0.887. The molecule has 4 aromatic carbocycles. The average Bonchev–Trinajstić information content (AvgIpc) is 3.57. The molecule has 2 heterocycles. The Morgan fingerprint density at radius 1 is 0.719 bits per heavy atom. The number of carboxylic acid groups (broad SMARTS) is 2. The van der Waals surface area contributed by atoms with Crippen LogP contribution in [-0.2, 0) is 10.8 Å². The lowest BCUT2D eigenvalue weighted by Crippen LogP contribution is -2.32. The number of unbranched alkanes of at least 4 members (excludes halogenated alkanes) is 2. The molecule has 2 aliphatic heterocycles. The summed E-state index contributed by atoms with van der Waals surface area (Å²) in [6, 6.07) is 19.8. The maximum atomic E-state index is 12.2. The molecule has 2 aliphatic carbocycles. The van der Waals surface area contributed by atoms with Gasteiger partial charge in [0.1, 0.15) is 6.54 Å². The van der Waals surface area contributed by atoms with Crippen LogP contribution in [-0.4, -0.2) is 45.5 Å². The molecule has 294 valence electrons. The van der Waals surface area contributed by atoms with Crippen LogP contribution in [0.1, 0.15) is 138 Å². The second-order valence-electron chi connectivity index (χ2n) is 17.6. The van der Waals surface area contributed by atoms with E-state index in [0.29, 0.717) is 11.1 Å². The number of fused-ring (bicyclic) bond motifs is 6. The van der Waals surface area contributed by atoms with Gasteiger partial charge in [0, 0.05) is 47.0 Å². The molecular formula is C51H57N2O4+. The molecule has 0 radical (unpaired) electrons. The number of benzene rings is 4. The third kappa shape index (κ3) is 6.46. The van der Waals surface area contributed by atoms with Gasteiger partial charge in [0.05, 0.1) is 16.5 Å². The first-order valence-electron chi connectivity index (χ1n) is 21.3. The van der Waals surface area contributed by atoms with Crippen LogP contribution >= 0.6 is 0 Å². The van der Waals surface area contributed by atoms with Crippen LogP contribution in [0.15, 0.2) is 107 Å². The van der Waals surface area contributed by atoms with Gasteiger partial charge in [0.15, 0.2) is 5.71 Å². The molecule has 8 rings (SSSR count). The Labute approximate surface area is 337 Å². The van der Waals surface area contributed by atoms with E-state index in [1.54, 1.807) is 12.1 Å². The number of carboxylic acids is 2. The van der Waals surface area contributed by atoms with Gasteiger partial charge in [-0.3, -0.25) is 0 Å². The Morgan fingerprint density at radius 2 is 1.37 bits per heavy atom. The monoisotopic (exact) mass is 761 g/mol. The highest BCUT2D eigenvalue weighted by molar-refractivity contribution is 6.13. The van der Waals surface area contributed by atoms with E-state index in [2.05, 4.69) is 93.5 Å². The molecule has 4 aromatic rings. The SMILES string of the molecule is CCCCN1/C(=C2C=C(/C=C3/C=C(C4=[N+](CCCC)c5ccc6c(C(=O)O)cccc6c5C4(C)C)CCC3)CCC/2)C(C)(C)c2c1ccc1c(C(=O)O)cccc21. The molecule has 2 N–H and O–H groups in total. The van der Waals surface area contributed by atoms with Crippen molar-refractivity contribution < 1.29 is 24.4 Å².